The molecule has 0 aliphatic carbocycles. The van der Waals surface area contributed by atoms with Crippen LogP contribution in [0.5, 0.6) is 0 Å². The number of piperidine rings is 1. The van der Waals surface area contributed by atoms with E-state index in [-0.39, 0.29) is 17.6 Å². The van der Waals surface area contributed by atoms with Crippen LogP contribution >= 0.6 is 0 Å². The molecular formula is C19H31N5O2. The van der Waals surface area contributed by atoms with Gasteiger partial charge in [-0.15, -0.1) is 0 Å². The summed E-state index contributed by atoms with van der Waals surface area (Å²) in [5.41, 5.74) is -0.125. The zero-order chi connectivity index (χ0) is 18.9. The van der Waals surface area contributed by atoms with Crippen LogP contribution in [0.2, 0.25) is 0 Å². The van der Waals surface area contributed by atoms with Gasteiger partial charge in [0.2, 0.25) is 11.9 Å². The molecule has 3 rings (SSSR count). The van der Waals surface area contributed by atoms with E-state index in [1.165, 1.54) is 0 Å². The van der Waals surface area contributed by atoms with Gasteiger partial charge in [0.05, 0.1) is 6.10 Å². The number of aromatic nitrogens is 2. The molecule has 0 radical (unpaired) electrons. The first-order chi connectivity index (χ1) is 12.2. The van der Waals surface area contributed by atoms with Gasteiger partial charge < -0.3 is 19.8 Å². The van der Waals surface area contributed by atoms with Crippen molar-refractivity contribution in [3.8, 4) is 0 Å². The fourth-order valence-corrected chi connectivity index (χ4v) is 3.82. The highest BCUT2D eigenvalue weighted by Crippen LogP contribution is 2.27. The zero-order valence-electron chi connectivity index (χ0n) is 16.4. The maximum atomic E-state index is 12.3. The van der Waals surface area contributed by atoms with Crippen molar-refractivity contribution in [3.05, 3.63) is 12.3 Å². The Bertz CT molecular complexity index is 637. The Morgan fingerprint density at radius 3 is 2.62 bits per heavy atom. The number of anilines is 2. The number of hydrogen-bond donors (Lipinski definition) is 1. The quantitative estimate of drug-likeness (QED) is 0.877. The molecule has 2 aliphatic heterocycles. The number of carbonyl (C=O) groups is 1. The second kappa shape index (κ2) is 7.39. The summed E-state index contributed by atoms with van der Waals surface area (Å²) in [7, 11) is 1.99. The number of carbonyl (C=O) groups excluding carboxylic acids is 1. The highest BCUT2D eigenvalue weighted by atomic mass is 16.3. The van der Waals surface area contributed by atoms with Crippen LogP contribution < -0.4 is 9.80 Å². The minimum absolute atomic E-state index is 0.125. The lowest BCUT2D eigenvalue weighted by Crippen LogP contribution is -2.42. The predicted octanol–water partition coefficient (Wildman–Crippen LogP) is 1.52. The molecule has 3 heterocycles. The third-order valence-electron chi connectivity index (χ3n) is 5.30. The lowest BCUT2D eigenvalue weighted by molar-refractivity contribution is -0.131. The summed E-state index contributed by atoms with van der Waals surface area (Å²) in [6.45, 7) is 9.44. The minimum Gasteiger partial charge on any atom is -0.393 e. The van der Waals surface area contributed by atoms with E-state index < -0.39 is 0 Å². The van der Waals surface area contributed by atoms with Crippen molar-refractivity contribution in [3.63, 3.8) is 0 Å². The summed E-state index contributed by atoms with van der Waals surface area (Å²) in [5, 5.41) is 9.68. The van der Waals surface area contributed by atoms with Crippen molar-refractivity contribution in [2.24, 2.45) is 5.92 Å². The summed E-state index contributed by atoms with van der Waals surface area (Å²) in [4.78, 5) is 27.6. The van der Waals surface area contributed by atoms with Gasteiger partial charge in [-0.3, -0.25) is 4.79 Å². The molecule has 2 aliphatic rings. The van der Waals surface area contributed by atoms with Gasteiger partial charge in [0.1, 0.15) is 5.82 Å². The summed E-state index contributed by atoms with van der Waals surface area (Å²) < 4.78 is 0. The highest BCUT2D eigenvalue weighted by molar-refractivity contribution is 5.79. The van der Waals surface area contributed by atoms with Crippen LogP contribution in [0.1, 0.15) is 40.0 Å². The van der Waals surface area contributed by atoms with Gasteiger partial charge in [-0.2, -0.15) is 4.98 Å². The Balaban J connectivity index is 1.63. The third kappa shape index (κ3) is 4.26. The lowest BCUT2D eigenvalue weighted by atomic mass is 10.1. The van der Waals surface area contributed by atoms with E-state index in [0.717, 1.165) is 44.8 Å². The largest absolute Gasteiger partial charge is 0.393 e. The van der Waals surface area contributed by atoms with Gasteiger partial charge in [-0.25, -0.2) is 4.98 Å². The van der Waals surface area contributed by atoms with Crippen molar-refractivity contribution < 1.29 is 9.90 Å². The van der Waals surface area contributed by atoms with Crippen molar-refractivity contribution in [1.29, 1.82) is 0 Å². The average molecular weight is 361 g/mol. The number of nitrogens with zero attached hydrogens (tertiary/aromatic N) is 5. The molecule has 2 saturated heterocycles. The van der Waals surface area contributed by atoms with Gasteiger partial charge >= 0.3 is 0 Å². The first-order valence-corrected chi connectivity index (χ1v) is 9.51. The molecule has 0 bridgehead atoms. The van der Waals surface area contributed by atoms with Crippen LogP contribution in [-0.4, -0.2) is 70.8 Å². The second-order valence-corrected chi connectivity index (χ2v) is 8.56. The van der Waals surface area contributed by atoms with E-state index >= 15 is 0 Å². The molecule has 1 N–H and O–H groups in total. The van der Waals surface area contributed by atoms with Crippen LogP contribution in [0.4, 0.5) is 11.8 Å². The second-order valence-electron chi connectivity index (χ2n) is 8.56. The van der Waals surface area contributed by atoms with Crippen LogP contribution in [0.25, 0.3) is 0 Å². The third-order valence-corrected chi connectivity index (χ3v) is 5.30. The number of likely N-dealkylation sites (tertiary alicyclic amines) is 1. The molecule has 1 aromatic rings. The van der Waals surface area contributed by atoms with Gasteiger partial charge in [0.15, 0.2) is 0 Å². The number of aliphatic hydroxyl groups excluding tert-OH is 1. The molecule has 0 saturated carbocycles. The monoisotopic (exact) mass is 361 g/mol. The summed E-state index contributed by atoms with van der Waals surface area (Å²) in [6, 6.07) is 1.93. The smallest absolute Gasteiger partial charge is 0.227 e. The Morgan fingerprint density at radius 2 is 2.00 bits per heavy atom. The average Bonchev–Trinajstić information content (AvgIpc) is 2.96. The van der Waals surface area contributed by atoms with Crippen molar-refractivity contribution in [1.82, 2.24) is 14.9 Å². The molecule has 1 aromatic heterocycles. The number of hydrogen-bond acceptors (Lipinski definition) is 6. The standard InChI is InChI=1S/C19H31N5O2/c1-19(2,3)24-13-14(11-17(24)26)12-22(4)18-20-8-5-16(21-18)23-9-6-15(25)7-10-23/h5,8,14-15,25H,6-7,9-13H2,1-4H3/t14-/m1/s1. The first kappa shape index (κ1) is 18.9. The predicted molar refractivity (Wildman–Crippen MR) is 102 cm³/mol. The Kier molecular flexibility index (Phi) is 5.37. The maximum Gasteiger partial charge on any atom is 0.227 e. The fraction of sp³-hybridized carbons (Fsp3) is 0.737. The summed E-state index contributed by atoms with van der Waals surface area (Å²) in [6.07, 6.45) is 3.75. The van der Waals surface area contributed by atoms with Crippen LogP contribution in [0, 0.1) is 5.92 Å². The molecule has 7 nitrogen and oxygen atoms in total. The number of rotatable bonds is 4. The van der Waals surface area contributed by atoms with E-state index in [0.29, 0.717) is 18.3 Å². The molecular weight excluding hydrogens is 330 g/mol. The minimum atomic E-state index is -0.194. The van der Waals surface area contributed by atoms with Gasteiger partial charge in [0, 0.05) is 57.3 Å². The molecule has 0 aromatic carbocycles. The van der Waals surface area contributed by atoms with Crippen LogP contribution in [-0.2, 0) is 4.79 Å². The first-order valence-electron chi connectivity index (χ1n) is 9.51. The number of aliphatic hydroxyl groups is 1. The molecule has 1 amide bonds. The van der Waals surface area contributed by atoms with E-state index in [9.17, 15) is 9.90 Å². The lowest BCUT2D eigenvalue weighted by Gasteiger charge is -2.32. The molecule has 0 unspecified atom stereocenters. The molecule has 2 fully saturated rings. The maximum absolute atomic E-state index is 12.3. The fourth-order valence-electron chi connectivity index (χ4n) is 3.82. The Hall–Kier alpha value is -1.89. The van der Waals surface area contributed by atoms with E-state index in [1.54, 1.807) is 6.20 Å². The van der Waals surface area contributed by atoms with Crippen LogP contribution in [0.3, 0.4) is 0 Å². The van der Waals surface area contributed by atoms with Crippen molar-refractivity contribution >= 4 is 17.7 Å². The summed E-state index contributed by atoms with van der Waals surface area (Å²) >= 11 is 0. The van der Waals surface area contributed by atoms with E-state index in [1.807, 2.05) is 22.9 Å². The van der Waals surface area contributed by atoms with Crippen molar-refractivity contribution in [2.75, 3.05) is 43.0 Å². The molecule has 144 valence electrons. The molecule has 7 heteroatoms. The van der Waals surface area contributed by atoms with E-state index in [2.05, 4.69) is 30.7 Å². The SMILES string of the molecule is CN(C[C@H]1CC(=O)N(C(C)(C)C)C1)c1nccc(N2CCC(O)CC2)n1. The van der Waals surface area contributed by atoms with Crippen LogP contribution in [0.15, 0.2) is 12.3 Å². The van der Waals surface area contributed by atoms with Gasteiger partial charge in [-0.1, -0.05) is 0 Å². The Morgan fingerprint density at radius 1 is 1.31 bits per heavy atom. The normalized spacial score (nSPS) is 22.2. The van der Waals surface area contributed by atoms with E-state index in [4.69, 9.17) is 4.98 Å². The zero-order valence-corrected chi connectivity index (χ0v) is 16.4. The molecule has 0 spiro atoms. The number of amides is 1. The molecule has 1 atom stereocenters. The Labute approximate surface area is 156 Å². The van der Waals surface area contributed by atoms with Gasteiger partial charge in [-0.05, 0) is 39.7 Å². The van der Waals surface area contributed by atoms with Gasteiger partial charge in [0.25, 0.3) is 0 Å². The topological polar surface area (TPSA) is 72.8 Å². The molecule has 26 heavy (non-hydrogen) atoms. The van der Waals surface area contributed by atoms with Crippen molar-refractivity contribution in [2.45, 2.75) is 51.7 Å². The summed E-state index contributed by atoms with van der Waals surface area (Å²) in [5.74, 6) is 2.13. The highest BCUT2D eigenvalue weighted by Gasteiger charge is 2.36.